The standard InChI is InChI=1S/C22H27N3O3/c1-27-19-10-11-21(28-2)20(17-19)23-22(26)25-15-13-24(14-16-25)12-6-9-18-7-4-3-5-8-18/h3-11,17H,12-16H2,1-2H3,(H,23,26)/b9-6+. The molecule has 6 nitrogen and oxygen atoms in total. The van der Waals surface area contributed by atoms with Crippen molar-refractivity contribution < 1.29 is 14.3 Å². The van der Waals surface area contributed by atoms with Crippen LogP contribution in [0.1, 0.15) is 5.56 Å². The van der Waals surface area contributed by atoms with Crippen LogP contribution in [0.2, 0.25) is 0 Å². The van der Waals surface area contributed by atoms with E-state index < -0.39 is 0 Å². The molecule has 0 bridgehead atoms. The number of hydrogen-bond acceptors (Lipinski definition) is 4. The van der Waals surface area contributed by atoms with E-state index in [9.17, 15) is 4.79 Å². The summed E-state index contributed by atoms with van der Waals surface area (Å²) in [7, 11) is 3.18. The summed E-state index contributed by atoms with van der Waals surface area (Å²) in [5.74, 6) is 1.28. The van der Waals surface area contributed by atoms with Crippen molar-refractivity contribution in [1.29, 1.82) is 0 Å². The van der Waals surface area contributed by atoms with E-state index in [1.165, 1.54) is 5.56 Å². The molecule has 6 heteroatoms. The largest absolute Gasteiger partial charge is 0.497 e. The summed E-state index contributed by atoms with van der Waals surface area (Å²) in [5, 5.41) is 2.93. The third kappa shape index (κ3) is 5.27. The van der Waals surface area contributed by atoms with Crippen LogP contribution in [0, 0.1) is 0 Å². The number of benzene rings is 2. The van der Waals surface area contributed by atoms with Crippen molar-refractivity contribution in [3.63, 3.8) is 0 Å². The molecule has 0 atom stereocenters. The van der Waals surface area contributed by atoms with Crippen LogP contribution in [0.3, 0.4) is 0 Å². The summed E-state index contributed by atoms with van der Waals surface area (Å²) in [4.78, 5) is 16.8. The first-order valence-electron chi connectivity index (χ1n) is 9.41. The van der Waals surface area contributed by atoms with Gasteiger partial charge in [0.15, 0.2) is 0 Å². The summed E-state index contributed by atoms with van der Waals surface area (Å²) in [6, 6.07) is 15.5. The number of piperazine rings is 1. The van der Waals surface area contributed by atoms with Gasteiger partial charge in [0, 0.05) is 38.8 Å². The molecule has 3 rings (SSSR count). The van der Waals surface area contributed by atoms with Gasteiger partial charge in [0.25, 0.3) is 0 Å². The zero-order valence-electron chi connectivity index (χ0n) is 16.4. The van der Waals surface area contributed by atoms with E-state index in [4.69, 9.17) is 9.47 Å². The van der Waals surface area contributed by atoms with Crippen LogP contribution in [0.4, 0.5) is 10.5 Å². The Bertz CT molecular complexity index is 800. The lowest BCUT2D eigenvalue weighted by Crippen LogP contribution is -2.49. The van der Waals surface area contributed by atoms with Crippen LogP contribution in [0.15, 0.2) is 54.6 Å². The molecule has 1 N–H and O–H groups in total. The number of urea groups is 1. The van der Waals surface area contributed by atoms with Crippen LogP contribution in [0.25, 0.3) is 6.08 Å². The number of methoxy groups -OCH3 is 2. The minimum atomic E-state index is -0.119. The Morgan fingerprint density at radius 1 is 1.04 bits per heavy atom. The van der Waals surface area contributed by atoms with Gasteiger partial charge in [-0.3, -0.25) is 4.90 Å². The van der Waals surface area contributed by atoms with E-state index in [0.717, 1.165) is 19.6 Å². The van der Waals surface area contributed by atoms with Crippen LogP contribution >= 0.6 is 0 Å². The van der Waals surface area contributed by atoms with E-state index in [-0.39, 0.29) is 6.03 Å². The smallest absolute Gasteiger partial charge is 0.322 e. The zero-order chi connectivity index (χ0) is 19.8. The maximum atomic E-state index is 12.6. The highest BCUT2D eigenvalue weighted by Gasteiger charge is 2.21. The summed E-state index contributed by atoms with van der Waals surface area (Å²) in [6.45, 7) is 3.96. The van der Waals surface area contributed by atoms with Gasteiger partial charge in [-0.05, 0) is 17.7 Å². The fourth-order valence-electron chi connectivity index (χ4n) is 3.14. The van der Waals surface area contributed by atoms with Gasteiger partial charge in [0.1, 0.15) is 11.5 Å². The first kappa shape index (κ1) is 19.8. The van der Waals surface area contributed by atoms with Crippen LogP contribution in [0.5, 0.6) is 11.5 Å². The highest BCUT2D eigenvalue weighted by Crippen LogP contribution is 2.29. The predicted molar refractivity (Wildman–Crippen MR) is 112 cm³/mol. The summed E-state index contributed by atoms with van der Waals surface area (Å²) in [6.07, 6.45) is 4.31. The second-order valence-electron chi connectivity index (χ2n) is 6.60. The van der Waals surface area contributed by atoms with E-state index in [0.29, 0.717) is 30.3 Å². The Labute approximate surface area is 166 Å². The van der Waals surface area contributed by atoms with Crippen molar-refractivity contribution in [3.05, 3.63) is 60.2 Å². The Kier molecular flexibility index (Phi) is 6.92. The fraction of sp³-hybridized carbons (Fsp3) is 0.318. The summed E-state index contributed by atoms with van der Waals surface area (Å²) >= 11 is 0. The number of hydrogen-bond donors (Lipinski definition) is 1. The molecule has 2 amide bonds. The molecule has 1 heterocycles. The van der Waals surface area contributed by atoms with Crippen molar-refractivity contribution in [2.75, 3.05) is 52.3 Å². The van der Waals surface area contributed by atoms with E-state index in [1.807, 2.05) is 23.1 Å². The molecule has 0 saturated carbocycles. The number of carbonyl (C=O) groups is 1. The van der Waals surface area contributed by atoms with Crippen LogP contribution in [-0.4, -0.2) is 62.8 Å². The van der Waals surface area contributed by atoms with Gasteiger partial charge in [-0.15, -0.1) is 0 Å². The molecule has 1 aliphatic heterocycles. The van der Waals surface area contributed by atoms with E-state index >= 15 is 0 Å². The molecule has 0 radical (unpaired) electrons. The molecule has 0 unspecified atom stereocenters. The van der Waals surface area contributed by atoms with Crippen molar-refractivity contribution in [2.24, 2.45) is 0 Å². The molecule has 1 saturated heterocycles. The minimum absolute atomic E-state index is 0.119. The van der Waals surface area contributed by atoms with Gasteiger partial charge in [-0.2, -0.15) is 0 Å². The minimum Gasteiger partial charge on any atom is -0.497 e. The van der Waals surface area contributed by atoms with Gasteiger partial charge in [-0.1, -0.05) is 42.5 Å². The second kappa shape index (κ2) is 9.80. The van der Waals surface area contributed by atoms with Crippen molar-refractivity contribution >= 4 is 17.8 Å². The molecular weight excluding hydrogens is 354 g/mol. The number of nitrogens with one attached hydrogen (secondary N) is 1. The van der Waals surface area contributed by atoms with Gasteiger partial charge in [0.05, 0.1) is 19.9 Å². The number of carbonyl (C=O) groups excluding carboxylic acids is 1. The highest BCUT2D eigenvalue weighted by molar-refractivity contribution is 5.91. The van der Waals surface area contributed by atoms with E-state index in [1.54, 1.807) is 32.4 Å². The monoisotopic (exact) mass is 381 g/mol. The molecule has 148 valence electrons. The number of anilines is 1. The lowest BCUT2D eigenvalue weighted by molar-refractivity contribution is 0.156. The molecule has 0 aliphatic carbocycles. The Balaban J connectivity index is 1.49. The molecule has 1 aliphatic rings. The summed E-state index contributed by atoms with van der Waals surface area (Å²) < 4.78 is 10.6. The fourth-order valence-corrected chi connectivity index (χ4v) is 3.14. The number of rotatable bonds is 6. The molecular formula is C22H27N3O3. The third-order valence-electron chi connectivity index (χ3n) is 4.78. The molecule has 0 spiro atoms. The molecule has 28 heavy (non-hydrogen) atoms. The summed E-state index contributed by atoms with van der Waals surface area (Å²) in [5.41, 5.74) is 1.81. The SMILES string of the molecule is COc1ccc(OC)c(NC(=O)N2CCN(C/C=C/c3ccccc3)CC2)c1. The van der Waals surface area contributed by atoms with Crippen molar-refractivity contribution in [2.45, 2.75) is 0 Å². The van der Waals surface area contributed by atoms with Gasteiger partial charge < -0.3 is 19.7 Å². The van der Waals surface area contributed by atoms with Crippen LogP contribution in [-0.2, 0) is 0 Å². The average molecular weight is 381 g/mol. The molecule has 2 aromatic rings. The number of amides is 2. The maximum absolute atomic E-state index is 12.6. The Morgan fingerprint density at radius 2 is 1.79 bits per heavy atom. The third-order valence-corrected chi connectivity index (χ3v) is 4.78. The predicted octanol–water partition coefficient (Wildman–Crippen LogP) is 3.57. The molecule has 2 aromatic carbocycles. The van der Waals surface area contributed by atoms with Crippen LogP contribution < -0.4 is 14.8 Å². The van der Waals surface area contributed by atoms with E-state index in [2.05, 4.69) is 34.5 Å². The Morgan fingerprint density at radius 3 is 2.46 bits per heavy atom. The Hall–Kier alpha value is -2.99. The van der Waals surface area contributed by atoms with Crippen molar-refractivity contribution in [1.82, 2.24) is 9.80 Å². The molecule has 0 aromatic heterocycles. The highest BCUT2D eigenvalue weighted by atomic mass is 16.5. The van der Waals surface area contributed by atoms with Gasteiger partial charge >= 0.3 is 6.03 Å². The van der Waals surface area contributed by atoms with Crippen molar-refractivity contribution in [3.8, 4) is 11.5 Å². The lowest BCUT2D eigenvalue weighted by Gasteiger charge is -2.34. The van der Waals surface area contributed by atoms with Gasteiger partial charge in [-0.25, -0.2) is 4.79 Å². The molecule has 1 fully saturated rings. The van der Waals surface area contributed by atoms with Gasteiger partial charge in [0.2, 0.25) is 0 Å². The maximum Gasteiger partial charge on any atom is 0.322 e. The average Bonchev–Trinajstić information content (AvgIpc) is 2.75. The second-order valence-corrected chi connectivity index (χ2v) is 6.60. The first-order valence-corrected chi connectivity index (χ1v) is 9.41. The topological polar surface area (TPSA) is 54.0 Å². The lowest BCUT2D eigenvalue weighted by atomic mass is 10.2. The quantitative estimate of drug-likeness (QED) is 0.831. The normalized spacial score (nSPS) is 14.9. The number of nitrogens with zero attached hydrogens (tertiary/aromatic N) is 2. The zero-order valence-corrected chi connectivity index (χ0v) is 16.4. The first-order chi connectivity index (χ1) is 13.7. The number of ether oxygens (including phenoxy) is 2.